The molecule has 52 heavy (non-hydrogen) atoms. The minimum absolute atomic E-state index is 0.637. The summed E-state index contributed by atoms with van der Waals surface area (Å²) in [5, 5.41) is 4.47. The van der Waals surface area contributed by atoms with Gasteiger partial charge >= 0.3 is 0 Å². The maximum Gasteiger partial charge on any atom is 0.161 e. The van der Waals surface area contributed by atoms with E-state index in [9.17, 15) is 0 Å². The molecule has 244 valence electrons. The first-order valence-corrected chi connectivity index (χ1v) is 17.5. The molecule has 7 aromatic carbocycles. The molecule has 4 nitrogen and oxygen atoms in total. The van der Waals surface area contributed by atoms with E-state index in [-0.39, 0.29) is 0 Å². The number of furan rings is 1. The SMILES string of the molecule is CC1=C=C(c2ccc(-c3ccccc3)cc2)N=C(c2ccccc2)N=C1c1cccc2oc3c(-n4c5ccccc5c5ccccc54)cccc3c12. The minimum atomic E-state index is 0.637. The summed E-state index contributed by atoms with van der Waals surface area (Å²) in [6.45, 7) is 2.07. The van der Waals surface area contributed by atoms with E-state index in [1.807, 2.05) is 36.4 Å². The monoisotopic (exact) mass is 665 g/mol. The average Bonchev–Trinajstić information content (AvgIpc) is 3.70. The van der Waals surface area contributed by atoms with Crippen molar-refractivity contribution in [3.8, 4) is 16.8 Å². The Labute approximate surface area is 300 Å². The third-order valence-electron chi connectivity index (χ3n) is 9.97. The Hall–Kier alpha value is -7.00. The lowest BCUT2D eigenvalue weighted by atomic mass is 9.97. The molecule has 0 amide bonds. The molecule has 10 rings (SSSR count). The number of aliphatic imine (C=N–C) groups is 2. The molecule has 1 aliphatic rings. The lowest BCUT2D eigenvalue weighted by Gasteiger charge is -2.09. The second-order valence-electron chi connectivity index (χ2n) is 13.1. The Bertz CT molecular complexity index is 2920. The van der Waals surface area contributed by atoms with Crippen LogP contribution in [0.4, 0.5) is 0 Å². The minimum Gasteiger partial charge on any atom is -0.454 e. The largest absolute Gasteiger partial charge is 0.454 e. The van der Waals surface area contributed by atoms with Crippen molar-refractivity contribution in [3.63, 3.8) is 0 Å². The molecule has 9 aromatic rings. The van der Waals surface area contributed by atoms with Crippen LogP contribution in [0, 0.1) is 0 Å². The van der Waals surface area contributed by atoms with Gasteiger partial charge in [-0.05, 0) is 42.3 Å². The Kier molecular flexibility index (Phi) is 6.95. The van der Waals surface area contributed by atoms with E-state index < -0.39 is 0 Å². The molecule has 0 radical (unpaired) electrons. The molecule has 4 heteroatoms. The van der Waals surface area contributed by atoms with Crippen LogP contribution in [0.15, 0.2) is 196 Å². The molecule has 0 saturated carbocycles. The number of rotatable bonds is 5. The van der Waals surface area contributed by atoms with Crippen LogP contribution in [0.2, 0.25) is 0 Å². The van der Waals surface area contributed by atoms with Crippen molar-refractivity contribution in [2.24, 2.45) is 9.98 Å². The van der Waals surface area contributed by atoms with Crippen molar-refractivity contribution >= 4 is 61.0 Å². The number of hydrogen-bond donors (Lipinski definition) is 0. The van der Waals surface area contributed by atoms with Crippen molar-refractivity contribution in [2.45, 2.75) is 6.92 Å². The van der Waals surface area contributed by atoms with Gasteiger partial charge in [0, 0.05) is 43.8 Å². The average molecular weight is 666 g/mol. The van der Waals surface area contributed by atoms with E-state index in [0.29, 0.717) is 5.84 Å². The van der Waals surface area contributed by atoms with Gasteiger partial charge < -0.3 is 8.98 Å². The maximum atomic E-state index is 6.81. The lowest BCUT2D eigenvalue weighted by Crippen LogP contribution is -2.07. The molecular weight excluding hydrogens is 635 g/mol. The van der Waals surface area contributed by atoms with Gasteiger partial charge in [-0.25, -0.2) is 9.98 Å². The molecule has 0 unspecified atom stereocenters. The number of fused-ring (bicyclic) bond motifs is 6. The van der Waals surface area contributed by atoms with E-state index >= 15 is 0 Å². The summed E-state index contributed by atoms with van der Waals surface area (Å²) in [6, 6.07) is 58.9. The molecule has 0 bridgehead atoms. The van der Waals surface area contributed by atoms with Crippen LogP contribution < -0.4 is 0 Å². The fourth-order valence-electron chi connectivity index (χ4n) is 7.54. The molecule has 2 aromatic heterocycles. The van der Waals surface area contributed by atoms with Crippen LogP contribution in [0.3, 0.4) is 0 Å². The van der Waals surface area contributed by atoms with E-state index in [0.717, 1.165) is 77.9 Å². The molecule has 0 fully saturated rings. The van der Waals surface area contributed by atoms with Gasteiger partial charge in [0.1, 0.15) is 11.3 Å². The van der Waals surface area contributed by atoms with Crippen LogP contribution in [-0.2, 0) is 0 Å². The van der Waals surface area contributed by atoms with Crippen LogP contribution in [0.25, 0.3) is 66.3 Å². The van der Waals surface area contributed by atoms with Crippen LogP contribution in [0.1, 0.15) is 23.6 Å². The molecule has 3 heterocycles. The van der Waals surface area contributed by atoms with Gasteiger partial charge in [0.2, 0.25) is 0 Å². The normalized spacial score (nSPS) is 13.2. The van der Waals surface area contributed by atoms with Crippen molar-refractivity contribution in [2.75, 3.05) is 0 Å². The maximum absolute atomic E-state index is 6.81. The standard InChI is InChI=1S/C48H31N3O/c1-31-30-40(34-28-26-33(27-29-34)32-14-4-2-5-15-32)49-48(35-16-6-3-7-17-35)50-46(31)38-20-13-25-44-45(38)39-21-12-24-43(47(39)52-44)51-41-22-10-8-18-36(41)37-19-9-11-23-42(37)51/h2-29H,1H3. The van der Waals surface area contributed by atoms with Crippen LogP contribution in [0.5, 0.6) is 0 Å². The van der Waals surface area contributed by atoms with Gasteiger partial charge in [-0.1, -0.05) is 151 Å². The summed E-state index contributed by atoms with van der Waals surface area (Å²) in [5.41, 5.74) is 16.3. The third kappa shape index (κ3) is 4.85. The van der Waals surface area contributed by atoms with Crippen molar-refractivity contribution < 1.29 is 4.42 Å². The highest BCUT2D eigenvalue weighted by Crippen LogP contribution is 2.39. The van der Waals surface area contributed by atoms with E-state index in [2.05, 4.69) is 151 Å². The van der Waals surface area contributed by atoms with Crippen molar-refractivity contribution in [1.29, 1.82) is 0 Å². The Balaban J connectivity index is 1.18. The summed E-state index contributed by atoms with van der Waals surface area (Å²) in [7, 11) is 0. The lowest BCUT2D eigenvalue weighted by molar-refractivity contribution is 0.666. The van der Waals surface area contributed by atoms with Gasteiger partial charge in [0.05, 0.1) is 22.4 Å². The Morgan fingerprint density at radius 3 is 1.79 bits per heavy atom. The second kappa shape index (κ2) is 12.1. The fraction of sp³-hybridized carbons (Fsp3) is 0.0208. The molecular formula is C48H31N3O. The zero-order valence-corrected chi connectivity index (χ0v) is 28.4. The van der Waals surface area contributed by atoms with Gasteiger partial charge in [-0.2, -0.15) is 0 Å². The van der Waals surface area contributed by atoms with Crippen molar-refractivity contribution in [3.05, 3.63) is 198 Å². The summed E-state index contributed by atoms with van der Waals surface area (Å²) in [6.07, 6.45) is 0. The molecule has 0 N–H and O–H groups in total. The van der Waals surface area contributed by atoms with Gasteiger partial charge in [0.25, 0.3) is 0 Å². The number of amidine groups is 1. The quantitative estimate of drug-likeness (QED) is 0.169. The van der Waals surface area contributed by atoms with Crippen LogP contribution in [-0.4, -0.2) is 16.1 Å². The zero-order chi connectivity index (χ0) is 34.6. The number of para-hydroxylation sites is 3. The fourth-order valence-corrected chi connectivity index (χ4v) is 7.54. The first kappa shape index (κ1) is 29.9. The zero-order valence-electron chi connectivity index (χ0n) is 28.4. The Morgan fingerprint density at radius 1 is 0.500 bits per heavy atom. The number of aromatic nitrogens is 1. The summed E-state index contributed by atoms with van der Waals surface area (Å²) in [5.74, 6) is 0.637. The number of hydrogen-bond acceptors (Lipinski definition) is 3. The molecule has 0 spiro atoms. The van der Waals surface area contributed by atoms with Gasteiger partial charge in [0.15, 0.2) is 11.4 Å². The molecule has 1 aliphatic heterocycles. The van der Waals surface area contributed by atoms with Gasteiger partial charge in [-0.15, -0.1) is 0 Å². The first-order chi connectivity index (χ1) is 25.7. The summed E-state index contributed by atoms with van der Waals surface area (Å²) in [4.78, 5) is 10.5. The van der Waals surface area contributed by atoms with E-state index in [4.69, 9.17) is 14.4 Å². The molecule has 0 aliphatic carbocycles. The molecule has 0 saturated heterocycles. The highest BCUT2D eigenvalue weighted by molar-refractivity contribution is 6.28. The predicted octanol–water partition coefficient (Wildman–Crippen LogP) is 12.2. The second-order valence-corrected chi connectivity index (χ2v) is 13.1. The Morgan fingerprint density at radius 2 is 1.08 bits per heavy atom. The third-order valence-corrected chi connectivity index (χ3v) is 9.97. The van der Waals surface area contributed by atoms with Crippen LogP contribution >= 0.6 is 0 Å². The smallest absolute Gasteiger partial charge is 0.161 e. The highest BCUT2D eigenvalue weighted by atomic mass is 16.3. The summed E-state index contributed by atoms with van der Waals surface area (Å²) >= 11 is 0. The number of benzene rings is 7. The van der Waals surface area contributed by atoms with Crippen molar-refractivity contribution in [1.82, 2.24) is 4.57 Å². The van der Waals surface area contributed by atoms with E-state index in [1.54, 1.807) is 0 Å². The summed E-state index contributed by atoms with van der Waals surface area (Å²) < 4.78 is 9.13. The van der Waals surface area contributed by atoms with Gasteiger partial charge in [-0.3, -0.25) is 0 Å². The number of allylic oxidation sites excluding steroid dienone is 1. The molecule has 0 atom stereocenters. The first-order valence-electron chi connectivity index (χ1n) is 17.5. The van der Waals surface area contributed by atoms with E-state index in [1.165, 1.54) is 16.3 Å². The highest BCUT2D eigenvalue weighted by Gasteiger charge is 2.22. The number of nitrogens with zero attached hydrogens (tertiary/aromatic N) is 3. The topological polar surface area (TPSA) is 42.8 Å². The predicted molar refractivity (Wildman–Crippen MR) is 216 cm³/mol.